The van der Waals surface area contributed by atoms with Gasteiger partial charge in [-0.1, -0.05) is 6.92 Å². The number of alkyl halides is 3. The summed E-state index contributed by atoms with van der Waals surface area (Å²) in [6, 6.07) is -0.381. The van der Waals surface area contributed by atoms with Crippen molar-refractivity contribution in [1.29, 1.82) is 0 Å². The summed E-state index contributed by atoms with van der Waals surface area (Å²) in [6.45, 7) is 2.85. The summed E-state index contributed by atoms with van der Waals surface area (Å²) in [5, 5.41) is 6.36. The van der Waals surface area contributed by atoms with Crippen LogP contribution in [0.1, 0.15) is 36.5 Å². The first-order valence-corrected chi connectivity index (χ1v) is 9.32. The molecule has 0 radical (unpaired) electrons. The molecule has 1 aliphatic heterocycles. The number of carbonyl (C=O) groups is 2. The number of aromatic nitrogens is 2. The van der Waals surface area contributed by atoms with Crippen LogP contribution in [0.5, 0.6) is 0 Å². The second-order valence-corrected chi connectivity index (χ2v) is 7.92. The highest BCUT2D eigenvalue weighted by Crippen LogP contribution is 2.42. The lowest BCUT2D eigenvalue weighted by atomic mass is 9.78. The van der Waals surface area contributed by atoms with Crippen molar-refractivity contribution in [2.75, 3.05) is 33.4 Å². The fourth-order valence-corrected chi connectivity index (χ4v) is 3.99. The van der Waals surface area contributed by atoms with E-state index in [2.05, 4.69) is 10.2 Å². The Morgan fingerprint density at radius 2 is 2.04 bits per heavy atom. The molecule has 3 rings (SSSR count). The highest BCUT2D eigenvalue weighted by Gasteiger charge is 2.52. The van der Waals surface area contributed by atoms with Crippen molar-refractivity contribution in [3.8, 4) is 0 Å². The van der Waals surface area contributed by atoms with E-state index in [1.54, 1.807) is 4.90 Å². The van der Waals surface area contributed by atoms with Gasteiger partial charge in [0, 0.05) is 44.4 Å². The van der Waals surface area contributed by atoms with Crippen LogP contribution in [-0.2, 0) is 9.53 Å². The van der Waals surface area contributed by atoms with Crippen LogP contribution >= 0.6 is 0 Å². The van der Waals surface area contributed by atoms with Gasteiger partial charge in [-0.15, -0.1) is 0 Å². The number of methoxy groups -OCH3 is 1. The molecule has 1 N–H and O–H groups in total. The van der Waals surface area contributed by atoms with E-state index in [1.165, 1.54) is 19.5 Å². The molecular formula is C18H25F3N4O3. The van der Waals surface area contributed by atoms with Crippen LogP contribution in [-0.4, -0.2) is 77.4 Å². The van der Waals surface area contributed by atoms with E-state index in [0.29, 0.717) is 37.9 Å². The van der Waals surface area contributed by atoms with Crippen LogP contribution in [0, 0.1) is 11.3 Å². The minimum absolute atomic E-state index is 0.0120. The predicted molar refractivity (Wildman–Crippen MR) is 93.4 cm³/mol. The van der Waals surface area contributed by atoms with Gasteiger partial charge < -0.3 is 14.5 Å². The molecule has 0 aromatic carbocycles. The Morgan fingerprint density at radius 3 is 2.50 bits per heavy atom. The number of likely N-dealkylation sites (tertiary alicyclic amines) is 1. The number of hydrogen-bond donors (Lipinski definition) is 1. The third kappa shape index (κ3) is 4.31. The predicted octanol–water partition coefficient (Wildman–Crippen LogP) is 2.08. The molecule has 0 bridgehead atoms. The summed E-state index contributed by atoms with van der Waals surface area (Å²) in [6.07, 6.45) is -0.431. The summed E-state index contributed by atoms with van der Waals surface area (Å²) in [7, 11) is 1.50. The largest absolute Gasteiger partial charge is 0.471 e. The molecule has 1 aliphatic carbocycles. The number of ether oxygens (including phenoxy) is 1. The molecule has 1 aromatic rings. The van der Waals surface area contributed by atoms with Crippen molar-refractivity contribution in [2.45, 2.75) is 38.4 Å². The number of rotatable bonds is 6. The number of nitrogens with one attached hydrogen (secondary N) is 1. The summed E-state index contributed by atoms with van der Waals surface area (Å²) in [5.74, 6) is -1.89. The number of H-pyrrole nitrogens is 1. The fraction of sp³-hybridized carbons (Fsp3) is 0.722. The molecule has 1 saturated carbocycles. The fourth-order valence-electron chi connectivity index (χ4n) is 3.99. The zero-order chi connectivity index (χ0) is 20.5. The molecule has 1 aromatic heterocycles. The summed E-state index contributed by atoms with van der Waals surface area (Å²) in [5.41, 5.74) is -0.162. The molecule has 28 heavy (non-hydrogen) atoms. The number of aromatic amines is 1. The zero-order valence-electron chi connectivity index (χ0n) is 16.0. The molecule has 10 heteroatoms. The van der Waals surface area contributed by atoms with Gasteiger partial charge in [0.1, 0.15) is 0 Å². The molecule has 2 amide bonds. The topological polar surface area (TPSA) is 78.5 Å². The molecule has 7 nitrogen and oxygen atoms in total. The first-order valence-electron chi connectivity index (χ1n) is 9.32. The van der Waals surface area contributed by atoms with Crippen molar-refractivity contribution in [3.05, 3.63) is 18.0 Å². The van der Waals surface area contributed by atoms with Crippen LogP contribution in [0.3, 0.4) is 0 Å². The number of nitrogens with zero attached hydrogens (tertiary/aromatic N) is 3. The summed E-state index contributed by atoms with van der Waals surface area (Å²) in [4.78, 5) is 27.1. The lowest BCUT2D eigenvalue weighted by Gasteiger charge is -2.44. The molecule has 1 saturated heterocycles. The first-order chi connectivity index (χ1) is 13.2. The average molecular weight is 402 g/mol. The molecule has 2 fully saturated rings. The Hall–Kier alpha value is -2.10. The molecule has 2 unspecified atom stereocenters. The van der Waals surface area contributed by atoms with Crippen LogP contribution in [0.25, 0.3) is 0 Å². The van der Waals surface area contributed by atoms with Crippen molar-refractivity contribution in [3.63, 3.8) is 0 Å². The number of piperidine rings is 1. The average Bonchev–Trinajstić information content (AvgIpc) is 3.13. The number of halogens is 3. The molecule has 2 atom stereocenters. The highest BCUT2D eigenvalue weighted by molar-refractivity contribution is 5.93. The van der Waals surface area contributed by atoms with E-state index in [-0.39, 0.29) is 31.0 Å². The van der Waals surface area contributed by atoms with Gasteiger partial charge in [-0.25, -0.2) is 0 Å². The monoisotopic (exact) mass is 402 g/mol. The number of amides is 2. The van der Waals surface area contributed by atoms with E-state index in [0.717, 1.165) is 4.90 Å². The Labute approximate surface area is 161 Å². The molecule has 156 valence electrons. The van der Waals surface area contributed by atoms with Gasteiger partial charge in [0.05, 0.1) is 18.4 Å². The van der Waals surface area contributed by atoms with E-state index >= 15 is 0 Å². The van der Waals surface area contributed by atoms with Gasteiger partial charge in [-0.2, -0.15) is 18.3 Å². The minimum Gasteiger partial charge on any atom is -0.384 e. The third-order valence-corrected chi connectivity index (χ3v) is 5.78. The highest BCUT2D eigenvalue weighted by atomic mass is 19.4. The van der Waals surface area contributed by atoms with Gasteiger partial charge in [0.25, 0.3) is 5.91 Å². The number of hydrogen-bond acceptors (Lipinski definition) is 4. The first kappa shape index (κ1) is 20.6. The summed E-state index contributed by atoms with van der Waals surface area (Å²) >= 11 is 0. The zero-order valence-corrected chi connectivity index (χ0v) is 16.0. The Balaban J connectivity index is 1.72. The Morgan fingerprint density at radius 1 is 1.39 bits per heavy atom. The quantitative estimate of drug-likeness (QED) is 0.790. The van der Waals surface area contributed by atoms with E-state index in [4.69, 9.17) is 4.74 Å². The van der Waals surface area contributed by atoms with Crippen molar-refractivity contribution >= 4 is 11.8 Å². The maximum absolute atomic E-state index is 13.1. The van der Waals surface area contributed by atoms with E-state index < -0.39 is 17.5 Å². The normalized spacial score (nSPS) is 24.1. The van der Waals surface area contributed by atoms with Gasteiger partial charge in [-0.05, 0) is 25.2 Å². The lowest BCUT2D eigenvalue weighted by molar-refractivity contribution is -0.188. The molecular weight excluding hydrogens is 377 g/mol. The maximum Gasteiger partial charge on any atom is 0.471 e. The van der Waals surface area contributed by atoms with Crippen LogP contribution in [0.4, 0.5) is 13.2 Å². The van der Waals surface area contributed by atoms with E-state index in [9.17, 15) is 22.8 Å². The van der Waals surface area contributed by atoms with Crippen molar-refractivity contribution < 1.29 is 27.5 Å². The SMILES string of the molecule is COCC1(CN(C(=O)C(F)(F)F)C2CC2C)CCN(C(=O)c2cn[nH]c2)CC1. The van der Waals surface area contributed by atoms with E-state index in [1.807, 2.05) is 6.92 Å². The van der Waals surface area contributed by atoms with Crippen LogP contribution in [0.15, 0.2) is 12.4 Å². The Kier molecular flexibility index (Phi) is 5.69. The maximum atomic E-state index is 13.1. The standard InChI is InChI=1S/C18H25F3N4O3/c1-12-7-14(12)25(16(27)18(19,20)21)10-17(11-28-2)3-5-24(6-4-17)15(26)13-8-22-23-9-13/h8-9,12,14H,3-7,10-11H2,1-2H3,(H,22,23). The summed E-state index contributed by atoms with van der Waals surface area (Å²) < 4.78 is 44.7. The van der Waals surface area contributed by atoms with Crippen molar-refractivity contribution in [2.24, 2.45) is 11.3 Å². The number of carbonyl (C=O) groups excluding carboxylic acids is 2. The lowest BCUT2D eigenvalue weighted by Crippen LogP contribution is -2.53. The minimum atomic E-state index is -4.89. The smallest absolute Gasteiger partial charge is 0.384 e. The van der Waals surface area contributed by atoms with Gasteiger partial charge in [-0.3, -0.25) is 14.7 Å². The van der Waals surface area contributed by atoms with Crippen molar-refractivity contribution in [1.82, 2.24) is 20.0 Å². The van der Waals surface area contributed by atoms with Gasteiger partial charge in [0.15, 0.2) is 0 Å². The molecule has 2 heterocycles. The van der Waals surface area contributed by atoms with Crippen LogP contribution < -0.4 is 0 Å². The Bertz CT molecular complexity index is 699. The molecule has 2 aliphatic rings. The molecule has 0 spiro atoms. The second kappa shape index (κ2) is 7.73. The van der Waals surface area contributed by atoms with Gasteiger partial charge >= 0.3 is 12.1 Å². The second-order valence-electron chi connectivity index (χ2n) is 7.92. The van der Waals surface area contributed by atoms with Crippen LogP contribution in [0.2, 0.25) is 0 Å². The van der Waals surface area contributed by atoms with Gasteiger partial charge in [0.2, 0.25) is 0 Å². The third-order valence-electron chi connectivity index (χ3n) is 5.78.